The second-order valence-electron chi connectivity index (χ2n) is 6.56. The first-order chi connectivity index (χ1) is 12.9. The molecule has 2 aromatic carbocycles. The van der Waals surface area contributed by atoms with Gasteiger partial charge in [-0.3, -0.25) is 9.59 Å². The summed E-state index contributed by atoms with van der Waals surface area (Å²) in [5.41, 5.74) is 2.96. The molecule has 0 aliphatic rings. The van der Waals surface area contributed by atoms with Crippen LogP contribution in [0.15, 0.2) is 36.4 Å². The van der Waals surface area contributed by atoms with Crippen molar-refractivity contribution in [3.8, 4) is 17.2 Å². The smallest absolute Gasteiger partial charge is 0.160 e. The molecule has 0 unspecified atom stereocenters. The maximum absolute atomic E-state index is 12.1. The number of rotatable bonds is 10. The predicted octanol–water partition coefficient (Wildman–Crippen LogP) is 3.81. The number of hydrogen-bond donors (Lipinski definition) is 1. The summed E-state index contributed by atoms with van der Waals surface area (Å²) in [4.78, 5) is 24.2. The van der Waals surface area contributed by atoms with E-state index in [1.165, 1.54) is 7.11 Å². The third kappa shape index (κ3) is 6.13. The summed E-state index contributed by atoms with van der Waals surface area (Å²) in [5.74, 6) is 1.12. The largest absolute Gasteiger partial charge is 0.504 e. The van der Waals surface area contributed by atoms with Crippen molar-refractivity contribution >= 4 is 11.6 Å². The van der Waals surface area contributed by atoms with Crippen molar-refractivity contribution in [3.63, 3.8) is 0 Å². The zero-order valence-corrected chi connectivity index (χ0v) is 16.1. The molecule has 27 heavy (non-hydrogen) atoms. The van der Waals surface area contributed by atoms with Crippen LogP contribution >= 0.6 is 0 Å². The van der Waals surface area contributed by atoms with Crippen molar-refractivity contribution < 1.29 is 24.2 Å². The molecule has 0 aromatic heterocycles. The molecule has 0 atom stereocenters. The average Bonchev–Trinajstić information content (AvgIpc) is 2.66. The molecule has 2 rings (SSSR count). The molecule has 0 radical (unpaired) electrons. The molecule has 5 nitrogen and oxygen atoms in total. The van der Waals surface area contributed by atoms with E-state index in [1.54, 1.807) is 25.3 Å². The van der Waals surface area contributed by atoms with Crippen molar-refractivity contribution in [3.05, 3.63) is 53.1 Å². The average molecular weight is 370 g/mol. The molecular formula is C22H26O5. The van der Waals surface area contributed by atoms with Crippen LogP contribution in [0.3, 0.4) is 0 Å². The maximum atomic E-state index is 12.1. The van der Waals surface area contributed by atoms with E-state index < -0.39 is 0 Å². The number of phenols is 1. The van der Waals surface area contributed by atoms with Crippen molar-refractivity contribution in [2.24, 2.45) is 0 Å². The second kappa shape index (κ2) is 9.76. The number of aryl methyl sites for hydroxylation is 3. The molecule has 0 bridgehead atoms. The molecule has 2 aromatic rings. The van der Waals surface area contributed by atoms with Crippen LogP contribution in [-0.4, -0.2) is 30.9 Å². The summed E-state index contributed by atoms with van der Waals surface area (Å²) in [6, 6.07) is 10.9. The van der Waals surface area contributed by atoms with Gasteiger partial charge in [0.05, 0.1) is 20.6 Å². The molecular weight excluding hydrogens is 344 g/mol. The van der Waals surface area contributed by atoms with E-state index in [4.69, 9.17) is 9.47 Å². The summed E-state index contributed by atoms with van der Waals surface area (Å²) < 4.78 is 10.3. The third-order valence-corrected chi connectivity index (χ3v) is 4.50. The van der Waals surface area contributed by atoms with Crippen LogP contribution in [0.25, 0.3) is 0 Å². The highest BCUT2D eigenvalue weighted by molar-refractivity contribution is 5.99. The van der Waals surface area contributed by atoms with Crippen LogP contribution in [-0.2, 0) is 22.4 Å². The van der Waals surface area contributed by atoms with Gasteiger partial charge in [-0.15, -0.1) is 0 Å². The lowest BCUT2D eigenvalue weighted by Gasteiger charge is -2.08. The Morgan fingerprint density at radius 3 is 1.93 bits per heavy atom. The lowest BCUT2D eigenvalue weighted by atomic mass is 10.0. The van der Waals surface area contributed by atoms with E-state index in [2.05, 4.69) is 0 Å². The Balaban J connectivity index is 1.79. The Bertz CT molecular complexity index is 743. The summed E-state index contributed by atoms with van der Waals surface area (Å²) in [6.45, 7) is 1.97. The standard InChI is InChI=1S/C22H26O5/c1-15-4-5-16(12-21(15)26-2)6-9-18(23)14-19(24)10-7-17-8-11-20(25)22(13-17)27-3/h4-5,8,11-13,25H,6-7,9-10,14H2,1-3H3. The molecule has 0 aliphatic carbocycles. The number of carbonyl (C=O) groups excluding carboxylic acids is 2. The Morgan fingerprint density at radius 1 is 0.852 bits per heavy atom. The van der Waals surface area contributed by atoms with E-state index in [0.29, 0.717) is 25.0 Å². The molecule has 0 saturated heterocycles. The first-order valence-electron chi connectivity index (χ1n) is 8.95. The van der Waals surface area contributed by atoms with Gasteiger partial charge >= 0.3 is 0 Å². The van der Waals surface area contributed by atoms with E-state index in [9.17, 15) is 14.7 Å². The normalized spacial score (nSPS) is 10.5. The van der Waals surface area contributed by atoms with Crippen LogP contribution in [0, 0.1) is 6.92 Å². The zero-order valence-electron chi connectivity index (χ0n) is 16.1. The fraction of sp³-hybridized carbons (Fsp3) is 0.364. The number of hydrogen-bond acceptors (Lipinski definition) is 5. The predicted molar refractivity (Wildman–Crippen MR) is 104 cm³/mol. The fourth-order valence-electron chi connectivity index (χ4n) is 2.86. The number of ketones is 2. The van der Waals surface area contributed by atoms with Gasteiger partial charge in [-0.25, -0.2) is 0 Å². The van der Waals surface area contributed by atoms with Gasteiger partial charge in [-0.05, 0) is 54.7 Å². The molecule has 0 heterocycles. The SMILES string of the molecule is COc1cc(CCC(=O)CC(=O)CCc2ccc(O)c(OC)c2)ccc1C. The van der Waals surface area contributed by atoms with Crippen molar-refractivity contribution in [1.29, 1.82) is 0 Å². The van der Waals surface area contributed by atoms with Crippen LogP contribution in [0.1, 0.15) is 36.0 Å². The first-order valence-corrected chi connectivity index (χ1v) is 8.95. The highest BCUT2D eigenvalue weighted by Gasteiger charge is 2.11. The van der Waals surface area contributed by atoms with Gasteiger partial charge in [0.1, 0.15) is 17.3 Å². The fourth-order valence-corrected chi connectivity index (χ4v) is 2.86. The molecule has 144 valence electrons. The van der Waals surface area contributed by atoms with Crippen molar-refractivity contribution in [1.82, 2.24) is 0 Å². The molecule has 5 heteroatoms. The highest BCUT2D eigenvalue weighted by atomic mass is 16.5. The van der Waals surface area contributed by atoms with Crippen LogP contribution in [0.5, 0.6) is 17.2 Å². The monoisotopic (exact) mass is 370 g/mol. The Kier molecular flexibility index (Phi) is 7.41. The molecule has 0 aliphatic heterocycles. The number of phenolic OH excluding ortho intramolecular Hbond substituents is 1. The molecule has 0 saturated carbocycles. The van der Waals surface area contributed by atoms with Gasteiger partial charge in [-0.1, -0.05) is 18.2 Å². The van der Waals surface area contributed by atoms with Gasteiger partial charge in [0.25, 0.3) is 0 Å². The third-order valence-electron chi connectivity index (χ3n) is 4.50. The van der Waals surface area contributed by atoms with Crippen molar-refractivity contribution in [2.75, 3.05) is 14.2 Å². The summed E-state index contributed by atoms with van der Waals surface area (Å²) >= 11 is 0. The Labute approximate surface area is 159 Å². The van der Waals surface area contributed by atoms with Gasteiger partial charge in [-0.2, -0.15) is 0 Å². The maximum Gasteiger partial charge on any atom is 0.160 e. The van der Waals surface area contributed by atoms with Crippen LogP contribution < -0.4 is 9.47 Å². The minimum absolute atomic E-state index is 0.0434. The minimum Gasteiger partial charge on any atom is -0.504 e. The quantitative estimate of drug-likeness (QED) is 0.644. The minimum atomic E-state index is -0.0754. The lowest BCUT2D eigenvalue weighted by molar-refractivity contribution is -0.126. The summed E-state index contributed by atoms with van der Waals surface area (Å²) in [5, 5.41) is 9.59. The number of aromatic hydroxyl groups is 1. The summed E-state index contributed by atoms with van der Waals surface area (Å²) in [6.07, 6.45) is 1.69. The second-order valence-corrected chi connectivity index (χ2v) is 6.56. The topological polar surface area (TPSA) is 72.8 Å². The number of benzene rings is 2. The van der Waals surface area contributed by atoms with Crippen molar-refractivity contribution in [2.45, 2.75) is 39.0 Å². The number of methoxy groups -OCH3 is 2. The van der Waals surface area contributed by atoms with Crippen LogP contribution in [0.2, 0.25) is 0 Å². The number of ether oxygens (including phenoxy) is 2. The number of Topliss-reactive ketones (excluding diaryl/α,β-unsaturated/α-hetero) is 2. The zero-order chi connectivity index (χ0) is 19.8. The van der Waals surface area contributed by atoms with Gasteiger partial charge in [0.15, 0.2) is 11.5 Å². The van der Waals surface area contributed by atoms with E-state index >= 15 is 0 Å². The Morgan fingerprint density at radius 2 is 1.37 bits per heavy atom. The van der Waals surface area contributed by atoms with Gasteiger partial charge < -0.3 is 14.6 Å². The van der Waals surface area contributed by atoms with E-state index in [1.807, 2.05) is 25.1 Å². The molecule has 0 amide bonds. The van der Waals surface area contributed by atoms with Gasteiger partial charge in [0.2, 0.25) is 0 Å². The highest BCUT2D eigenvalue weighted by Crippen LogP contribution is 2.26. The molecule has 1 N–H and O–H groups in total. The van der Waals surface area contributed by atoms with E-state index in [-0.39, 0.29) is 30.2 Å². The Hall–Kier alpha value is -2.82. The van der Waals surface area contributed by atoms with Crippen LogP contribution in [0.4, 0.5) is 0 Å². The molecule has 0 spiro atoms. The number of carbonyl (C=O) groups is 2. The summed E-state index contributed by atoms with van der Waals surface area (Å²) in [7, 11) is 3.10. The first kappa shape index (κ1) is 20.5. The molecule has 0 fully saturated rings. The lowest BCUT2D eigenvalue weighted by Crippen LogP contribution is -2.09. The van der Waals surface area contributed by atoms with E-state index in [0.717, 1.165) is 22.4 Å². The van der Waals surface area contributed by atoms with Gasteiger partial charge in [0, 0.05) is 12.8 Å².